The van der Waals surface area contributed by atoms with Crippen LogP contribution < -0.4 is 0 Å². The third-order valence-electron chi connectivity index (χ3n) is 4.09. The third kappa shape index (κ3) is 1.91. The molecule has 2 aromatic heterocycles. The lowest BCUT2D eigenvalue weighted by Crippen LogP contribution is -2.32. The van der Waals surface area contributed by atoms with Crippen molar-refractivity contribution in [2.75, 3.05) is 0 Å². The maximum atomic E-state index is 6.08. The molecule has 3 nitrogen and oxygen atoms in total. The van der Waals surface area contributed by atoms with Gasteiger partial charge in [-0.05, 0) is 25.3 Å². The average Bonchev–Trinajstić information content (AvgIpc) is 2.81. The van der Waals surface area contributed by atoms with Crippen molar-refractivity contribution in [2.45, 2.75) is 51.5 Å². The summed E-state index contributed by atoms with van der Waals surface area (Å²) in [4.78, 5) is 8.75. The van der Waals surface area contributed by atoms with Crippen LogP contribution in [0, 0.1) is 0 Å². The van der Waals surface area contributed by atoms with Crippen molar-refractivity contribution in [1.82, 2.24) is 14.5 Å². The molecular formula is C14H20ClN3. The van der Waals surface area contributed by atoms with E-state index in [4.69, 9.17) is 11.6 Å². The first kappa shape index (κ1) is 13.3. The maximum Gasteiger partial charge on any atom is 0.125 e. The van der Waals surface area contributed by atoms with E-state index in [0.29, 0.717) is 5.88 Å². The quantitative estimate of drug-likeness (QED) is 0.762. The van der Waals surface area contributed by atoms with Crippen molar-refractivity contribution < 1.29 is 0 Å². The number of aromatic nitrogens is 3. The minimum Gasteiger partial charge on any atom is -0.321 e. The Bertz CT molecular complexity index is 521. The molecule has 0 unspecified atom stereocenters. The van der Waals surface area contributed by atoms with E-state index in [9.17, 15) is 0 Å². The molecule has 2 aromatic rings. The van der Waals surface area contributed by atoms with Crippen LogP contribution in [0.2, 0.25) is 0 Å². The smallest absolute Gasteiger partial charge is 0.125 e. The molecule has 4 heteroatoms. The van der Waals surface area contributed by atoms with Gasteiger partial charge in [-0.1, -0.05) is 20.8 Å². The molecule has 98 valence electrons. The van der Waals surface area contributed by atoms with E-state index in [0.717, 1.165) is 36.1 Å². The highest BCUT2D eigenvalue weighted by Gasteiger charge is 2.30. The zero-order chi connectivity index (χ0) is 13.2. The van der Waals surface area contributed by atoms with E-state index in [1.807, 2.05) is 18.5 Å². The molecule has 0 radical (unpaired) electrons. The minimum atomic E-state index is 0.111. The summed E-state index contributed by atoms with van der Waals surface area (Å²) >= 11 is 6.08. The van der Waals surface area contributed by atoms with Crippen LogP contribution in [0.4, 0.5) is 0 Å². The molecule has 0 N–H and O–H groups in total. The molecule has 0 atom stereocenters. The summed E-state index contributed by atoms with van der Waals surface area (Å²) in [5, 5.41) is 0. The van der Waals surface area contributed by atoms with Gasteiger partial charge in [0.25, 0.3) is 0 Å². The Kier molecular flexibility index (Phi) is 3.91. The summed E-state index contributed by atoms with van der Waals surface area (Å²) < 4.78 is 2.33. The molecule has 0 fully saturated rings. The highest BCUT2D eigenvalue weighted by molar-refractivity contribution is 6.16. The average molecular weight is 266 g/mol. The van der Waals surface area contributed by atoms with E-state index in [1.165, 1.54) is 0 Å². The van der Waals surface area contributed by atoms with Gasteiger partial charge in [0.05, 0.1) is 17.6 Å². The first-order valence-corrected chi connectivity index (χ1v) is 7.13. The maximum absolute atomic E-state index is 6.08. The monoisotopic (exact) mass is 265 g/mol. The normalized spacial score (nSPS) is 12.2. The van der Waals surface area contributed by atoms with Gasteiger partial charge >= 0.3 is 0 Å². The number of imidazole rings is 1. The Labute approximate surface area is 113 Å². The predicted molar refractivity (Wildman–Crippen MR) is 75.9 cm³/mol. The van der Waals surface area contributed by atoms with Gasteiger partial charge in [0, 0.05) is 11.7 Å². The van der Waals surface area contributed by atoms with E-state index >= 15 is 0 Å². The molecule has 0 saturated carbocycles. The van der Waals surface area contributed by atoms with Crippen molar-refractivity contribution in [3.63, 3.8) is 0 Å². The van der Waals surface area contributed by atoms with Crippen LogP contribution >= 0.6 is 11.6 Å². The lowest BCUT2D eigenvalue weighted by Gasteiger charge is -2.34. The fraction of sp³-hybridized carbons (Fsp3) is 0.571. The Morgan fingerprint density at radius 3 is 2.44 bits per heavy atom. The summed E-state index contributed by atoms with van der Waals surface area (Å²) in [5.41, 5.74) is 2.19. The van der Waals surface area contributed by atoms with Gasteiger partial charge in [0.2, 0.25) is 0 Å². The van der Waals surface area contributed by atoms with Gasteiger partial charge < -0.3 is 4.57 Å². The van der Waals surface area contributed by atoms with Crippen LogP contribution in [-0.2, 0) is 11.4 Å². The topological polar surface area (TPSA) is 30.7 Å². The number of nitrogens with zero attached hydrogens (tertiary/aromatic N) is 3. The zero-order valence-electron chi connectivity index (χ0n) is 11.3. The third-order valence-corrected chi connectivity index (χ3v) is 4.33. The van der Waals surface area contributed by atoms with Gasteiger partial charge in [-0.15, -0.1) is 11.6 Å². The first-order valence-electron chi connectivity index (χ1n) is 6.60. The molecular weight excluding hydrogens is 246 g/mol. The van der Waals surface area contributed by atoms with Crippen LogP contribution in [0.15, 0.2) is 18.5 Å². The van der Waals surface area contributed by atoms with Crippen molar-refractivity contribution in [2.24, 2.45) is 0 Å². The number of hydrogen-bond donors (Lipinski definition) is 0. The lowest BCUT2D eigenvalue weighted by atomic mass is 9.89. The Hall–Kier alpha value is -1.09. The number of rotatable bonds is 5. The van der Waals surface area contributed by atoms with Gasteiger partial charge in [0.1, 0.15) is 11.3 Å². The number of alkyl halides is 1. The standard InChI is InChI=1S/C14H20ClN3/c1-4-14(5-2,6-3)18-12-7-8-16-10-11(12)17-13(18)9-15/h7-8,10H,4-6,9H2,1-3H3. The SMILES string of the molecule is CCC(CC)(CC)n1c(CCl)nc2cnccc21. The number of halogens is 1. The largest absolute Gasteiger partial charge is 0.321 e. The number of hydrogen-bond acceptors (Lipinski definition) is 2. The van der Waals surface area contributed by atoms with E-state index < -0.39 is 0 Å². The van der Waals surface area contributed by atoms with Crippen LogP contribution in [0.5, 0.6) is 0 Å². The molecule has 0 amide bonds. The van der Waals surface area contributed by atoms with Crippen molar-refractivity contribution in [3.05, 3.63) is 24.3 Å². The highest BCUT2D eigenvalue weighted by Crippen LogP contribution is 2.34. The molecule has 0 bridgehead atoms. The fourth-order valence-electron chi connectivity index (χ4n) is 2.83. The minimum absolute atomic E-state index is 0.111. The molecule has 0 aromatic carbocycles. The fourth-order valence-corrected chi connectivity index (χ4v) is 3.00. The Balaban J connectivity index is 2.74. The Morgan fingerprint density at radius 1 is 1.22 bits per heavy atom. The number of pyridine rings is 1. The van der Waals surface area contributed by atoms with Crippen LogP contribution in [0.25, 0.3) is 11.0 Å². The van der Waals surface area contributed by atoms with Gasteiger partial charge in [0.15, 0.2) is 0 Å². The van der Waals surface area contributed by atoms with Gasteiger partial charge in [-0.3, -0.25) is 4.98 Å². The number of fused-ring (bicyclic) bond motifs is 1. The van der Waals surface area contributed by atoms with Crippen LogP contribution in [0.1, 0.15) is 45.9 Å². The zero-order valence-corrected chi connectivity index (χ0v) is 12.0. The second-order valence-electron chi connectivity index (χ2n) is 4.65. The predicted octanol–water partition coefficient (Wildman–Crippen LogP) is 4.10. The van der Waals surface area contributed by atoms with E-state index in [2.05, 4.69) is 35.3 Å². The first-order chi connectivity index (χ1) is 8.72. The summed E-state index contributed by atoms with van der Waals surface area (Å²) in [5.74, 6) is 1.39. The molecule has 0 saturated heterocycles. The second kappa shape index (κ2) is 5.27. The molecule has 18 heavy (non-hydrogen) atoms. The molecule has 0 spiro atoms. The summed E-state index contributed by atoms with van der Waals surface area (Å²) in [6.45, 7) is 6.70. The molecule has 2 heterocycles. The summed E-state index contributed by atoms with van der Waals surface area (Å²) in [7, 11) is 0. The van der Waals surface area contributed by atoms with Crippen molar-refractivity contribution in [1.29, 1.82) is 0 Å². The van der Waals surface area contributed by atoms with Crippen molar-refractivity contribution in [3.8, 4) is 0 Å². The summed E-state index contributed by atoms with van der Waals surface area (Å²) in [6.07, 6.45) is 6.88. The van der Waals surface area contributed by atoms with E-state index in [-0.39, 0.29) is 5.54 Å². The Morgan fingerprint density at radius 2 is 1.89 bits per heavy atom. The highest BCUT2D eigenvalue weighted by atomic mass is 35.5. The van der Waals surface area contributed by atoms with Crippen LogP contribution in [-0.4, -0.2) is 14.5 Å². The second-order valence-corrected chi connectivity index (χ2v) is 4.91. The van der Waals surface area contributed by atoms with E-state index in [1.54, 1.807) is 0 Å². The lowest BCUT2D eigenvalue weighted by molar-refractivity contribution is 0.252. The molecule has 2 rings (SSSR count). The van der Waals surface area contributed by atoms with Gasteiger partial charge in [-0.25, -0.2) is 4.98 Å². The molecule has 0 aliphatic carbocycles. The van der Waals surface area contributed by atoms with Crippen molar-refractivity contribution >= 4 is 22.6 Å². The molecule has 0 aliphatic heterocycles. The summed E-state index contributed by atoms with van der Waals surface area (Å²) in [6, 6.07) is 2.04. The van der Waals surface area contributed by atoms with Gasteiger partial charge in [-0.2, -0.15) is 0 Å². The van der Waals surface area contributed by atoms with Crippen LogP contribution in [0.3, 0.4) is 0 Å². The molecule has 0 aliphatic rings.